The van der Waals surface area contributed by atoms with Crippen molar-refractivity contribution in [3.63, 3.8) is 0 Å². The minimum Gasteiger partial charge on any atom is -0.309 e. The lowest BCUT2D eigenvalue weighted by Gasteiger charge is -2.23. The van der Waals surface area contributed by atoms with Crippen molar-refractivity contribution in [3.05, 3.63) is 22.1 Å². The Labute approximate surface area is 76.9 Å². The molecular formula is C9H15N3O. The van der Waals surface area contributed by atoms with Crippen molar-refractivity contribution in [3.8, 4) is 0 Å². The highest BCUT2D eigenvalue weighted by Crippen LogP contribution is 2.20. The first kappa shape index (κ1) is 8.56. The van der Waals surface area contributed by atoms with E-state index in [1.54, 1.807) is 6.07 Å². The van der Waals surface area contributed by atoms with Gasteiger partial charge in [0.15, 0.2) is 0 Å². The first-order valence-corrected chi connectivity index (χ1v) is 4.77. The van der Waals surface area contributed by atoms with Crippen LogP contribution in [-0.4, -0.2) is 16.3 Å². The zero-order valence-corrected chi connectivity index (χ0v) is 7.84. The molecule has 13 heavy (non-hydrogen) atoms. The van der Waals surface area contributed by atoms with Gasteiger partial charge in [0.1, 0.15) is 0 Å². The molecule has 0 aliphatic carbocycles. The first-order valence-electron chi connectivity index (χ1n) is 4.77. The molecule has 1 aromatic rings. The van der Waals surface area contributed by atoms with Crippen LogP contribution in [0.1, 0.15) is 31.0 Å². The van der Waals surface area contributed by atoms with Crippen LogP contribution in [0.15, 0.2) is 10.9 Å². The maximum atomic E-state index is 11.0. The Morgan fingerprint density at radius 3 is 2.92 bits per heavy atom. The fourth-order valence-corrected chi connectivity index (χ4v) is 1.93. The van der Waals surface area contributed by atoms with Crippen molar-refractivity contribution in [2.24, 2.45) is 7.05 Å². The van der Waals surface area contributed by atoms with E-state index in [4.69, 9.17) is 0 Å². The van der Waals surface area contributed by atoms with Crippen LogP contribution in [0, 0.1) is 0 Å². The Kier molecular flexibility index (Phi) is 2.22. The number of aromatic amines is 1. The molecule has 1 fully saturated rings. The molecule has 0 amide bonds. The minimum absolute atomic E-state index is 0.00938. The summed E-state index contributed by atoms with van der Waals surface area (Å²) in [5.74, 6) is 0. The fraction of sp³-hybridized carbons (Fsp3) is 0.667. The van der Waals surface area contributed by atoms with Crippen LogP contribution in [0.2, 0.25) is 0 Å². The van der Waals surface area contributed by atoms with Gasteiger partial charge < -0.3 is 5.32 Å². The third-order valence-electron chi connectivity index (χ3n) is 2.61. The molecule has 1 aliphatic rings. The van der Waals surface area contributed by atoms with E-state index in [0.717, 1.165) is 18.7 Å². The molecular weight excluding hydrogens is 166 g/mol. The predicted molar refractivity (Wildman–Crippen MR) is 50.6 cm³/mol. The highest BCUT2D eigenvalue weighted by atomic mass is 16.1. The van der Waals surface area contributed by atoms with Crippen molar-refractivity contribution in [2.75, 3.05) is 6.54 Å². The molecule has 1 aliphatic heterocycles. The van der Waals surface area contributed by atoms with E-state index in [9.17, 15) is 4.79 Å². The summed E-state index contributed by atoms with van der Waals surface area (Å²) in [6.07, 6.45) is 3.62. The standard InChI is InChI=1S/C9H15N3O/c1-12-8(6-9(13)11-12)7-4-2-3-5-10-7/h6-7,10H,2-5H2,1H3,(H,11,13). The third kappa shape index (κ3) is 1.67. The molecule has 0 bridgehead atoms. The van der Waals surface area contributed by atoms with Gasteiger partial charge in [-0.2, -0.15) is 0 Å². The normalized spacial score (nSPS) is 23.3. The third-order valence-corrected chi connectivity index (χ3v) is 2.61. The largest absolute Gasteiger partial charge is 0.309 e. The number of aromatic nitrogens is 2. The fourth-order valence-electron chi connectivity index (χ4n) is 1.93. The smallest absolute Gasteiger partial charge is 0.264 e. The molecule has 2 rings (SSSR count). The molecule has 0 aromatic carbocycles. The monoisotopic (exact) mass is 181 g/mol. The summed E-state index contributed by atoms with van der Waals surface area (Å²) in [5.41, 5.74) is 1.06. The van der Waals surface area contributed by atoms with E-state index < -0.39 is 0 Å². The van der Waals surface area contributed by atoms with E-state index in [0.29, 0.717) is 6.04 Å². The van der Waals surface area contributed by atoms with Crippen molar-refractivity contribution < 1.29 is 0 Å². The summed E-state index contributed by atoms with van der Waals surface area (Å²) in [7, 11) is 1.88. The summed E-state index contributed by atoms with van der Waals surface area (Å²) >= 11 is 0. The molecule has 0 spiro atoms. The van der Waals surface area contributed by atoms with Crippen LogP contribution in [0.25, 0.3) is 0 Å². The average Bonchev–Trinajstić information content (AvgIpc) is 2.47. The summed E-state index contributed by atoms with van der Waals surface area (Å²) < 4.78 is 1.81. The van der Waals surface area contributed by atoms with Crippen LogP contribution in [0.4, 0.5) is 0 Å². The second-order valence-corrected chi connectivity index (χ2v) is 3.61. The van der Waals surface area contributed by atoms with E-state index in [1.165, 1.54) is 12.8 Å². The number of aryl methyl sites for hydroxylation is 1. The van der Waals surface area contributed by atoms with Crippen LogP contribution >= 0.6 is 0 Å². The molecule has 0 saturated carbocycles. The van der Waals surface area contributed by atoms with Crippen molar-refractivity contribution in [1.29, 1.82) is 0 Å². The van der Waals surface area contributed by atoms with E-state index in [-0.39, 0.29) is 5.56 Å². The second-order valence-electron chi connectivity index (χ2n) is 3.61. The lowest BCUT2D eigenvalue weighted by molar-refractivity contribution is 0.394. The Bertz CT molecular complexity index is 333. The van der Waals surface area contributed by atoms with E-state index >= 15 is 0 Å². The van der Waals surface area contributed by atoms with Crippen molar-refractivity contribution >= 4 is 0 Å². The van der Waals surface area contributed by atoms with Gasteiger partial charge in [0.05, 0.1) is 5.69 Å². The number of hydrogen-bond acceptors (Lipinski definition) is 2. The molecule has 72 valence electrons. The van der Waals surface area contributed by atoms with Crippen LogP contribution < -0.4 is 10.9 Å². The van der Waals surface area contributed by atoms with Gasteiger partial charge in [-0.15, -0.1) is 0 Å². The molecule has 4 heteroatoms. The van der Waals surface area contributed by atoms with Gasteiger partial charge in [-0.1, -0.05) is 6.42 Å². The zero-order valence-electron chi connectivity index (χ0n) is 7.84. The maximum Gasteiger partial charge on any atom is 0.264 e. The molecule has 0 radical (unpaired) electrons. The number of nitrogens with one attached hydrogen (secondary N) is 2. The molecule has 1 atom stereocenters. The summed E-state index contributed by atoms with van der Waals surface area (Å²) in [4.78, 5) is 11.0. The van der Waals surface area contributed by atoms with Gasteiger partial charge >= 0.3 is 0 Å². The number of nitrogens with zero attached hydrogens (tertiary/aromatic N) is 1. The minimum atomic E-state index is -0.00938. The SMILES string of the molecule is Cn1[nH]c(=O)cc1C1CCCCN1. The van der Waals surface area contributed by atoms with Gasteiger partial charge in [-0.05, 0) is 19.4 Å². The lowest BCUT2D eigenvalue weighted by atomic mass is 10.0. The van der Waals surface area contributed by atoms with Crippen LogP contribution in [-0.2, 0) is 7.05 Å². The van der Waals surface area contributed by atoms with Gasteiger partial charge in [-0.3, -0.25) is 14.6 Å². The second kappa shape index (κ2) is 3.38. The van der Waals surface area contributed by atoms with E-state index in [1.807, 2.05) is 11.7 Å². The van der Waals surface area contributed by atoms with Gasteiger partial charge in [0.25, 0.3) is 5.56 Å². The molecule has 1 unspecified atom stereocenters. The van der Waals surface area contributed by atoms with Gasteiger partial charge in [0, 0.05) is 19.2 Å². The molecule has 2 N–H and O–H groups in total. The van der Waals surface area contributed by atoms with Gasteiger partial charge in [-0.25, -0.2) is 0 Å². The number of piperidine rings is 1. The zero-order chi connectivity index (χ0) is 9.26. The highest BCUT2D eigenvalue weighted by molar-refractivity contribution is 5.07. The molecule has 2 heterocycles. The Hall–Kier alpha value is -1.03. The molecule has 1 saturated heterocycles. The first-order chi connectivity index (χ1) is 6.27. The number of rotatable bonds is 1. The summed E-state index contributed by atoms with van der Waals surface area (Å²) in [5, 5.41) is 6.14. The van der Waals surface area contributed by atoms with Crippen LogP contribution in [0.5, 0.6) is 0 Å². The number of hydrogen-bond donors (Lipinski definition) is 2. The average molecular weight is 181 g/mol. The Morgan fingerprint density at radius 1 is 1.54 bits per heavy atom. The molecule has 4 nitrogen and oxygen atoms in total. The van der Waals surface area contributed by atoms with E-state index in [2.05, 4.69) is 10.4 Å². The Balaban J connectivity index is 2.23. The quantitative estimate of drug-likeness (QED) is 0.664. The topological polar surface area (TPSA) is 49.8 Å². The predicted octanol–water partition coefficient (Wildman–Crippen LogP) is 0.528. The highest BCUT2D eigenvalue weighted by Gasteiger charge is 2.17. The van der Waals surface area contributed by atoms with Gasteiger partial charge in [0.2, 0.25) is 0 Å². The summed E-state index contributed by atoms with van der Waals surface area (Å²) in [6, 6.07) is 2.04. The maximum absolute atomic E-state index is 11.0. The number of H-pyrrole nitrogens is 1. The summed E-state index contributed by atoms with van der Waals surface area (Å²) in [6.45, 7) is 1.06. The lowest BCUT2D eigenvalue weighted by Crippen LogP contribution is -2.28. The Morgan fingerprint density at radius 2 is 2.38 bits per heavy atom. The van der Waals surface area contributed by atoms with Crippen molar-refractivity contribution in [1.82, 2.24) is 15.1 Å². The van der Waals surface area contributed by atoms with Crippen LogP contribution in [0.3, 0.4) is 0 Å². The molecule has 1 aromatic heterocycles. The van der Waals surface area contributed by atoms with Crippen molar-refractivity contribution in [2.45, 2.75) is 25.3 Å².